The molecule has 1 saturated heterocycles. The number of fused-ring (bicyclic) bond motifs is 1. The van der Waals surface area contributed by atoms with E-state index >= 15 is 0 Å². The van der Waals surface area contributed by atoms with Crippen LogP contribution in [0.3, 0.4) is 0 Å². The Hall–Kier alpha value is -2.92. The molecule has 1 amide bonds. The Balaban J connectivity index is 1.32. The van der Waals surface area contributed by atoms with Crippen LogP contribution < -0.4 is 15.4 Å². The molecular weight excluding hydrogens is 466 g/mol. The van der Waals surface area contributed by atoms with E-state index in [0.29, 0.717) is 31.6 Å². The number of nitriles is 1. The highest BCUT2D eigenvalue weighted by Crippen LogP contribution is 2.49. The Morgan fingerprint density at radius 3 is 2.78 bits per heavy atom. The van der Waals surface area contributed by atoms with E-state index in [4.69, 9.17) is 9.47 Å². The summed E-state index contributed by atoms with van der Waals surface area (Å²) in [7, 11) is 0. The molecule has 0 bridgehead atoms. The summed E-state index contributed by atoms with van der Waals surface area (Å²) in [5.41, 5.74) is 3.75. The van der Waals surface area contributed by atoms with Crippen molar-refractivity contribution in [2.75, 3.05) is 13.2 Å². The third-order valence-corrected chi connectivity index (χ3v) is 8.12. The van der Waals surface area contributed by atoms with Crippen molar-refractivity contribution in [2.45, 2.75) is 88.2 Å². The van der Waals surface area contributed by atoms with Crippen molar-refractivity contribution in [1.82, 2.24) is 10.6 Å². The van der Waals surface area contributed by atoms with E-state index in [1.165, 1.54) is 12.0 Å². The fourth-order valence-corrected chi connectivity index (χ4v) is 5.77. The van der Waals surface area contributed by atoms with Crippen molar-refractivity contribution in [3.63, 3.8) is 0 Å². The maximum atomic E-state index is 12.9. The Morgan fingerprint density at radius 1 is 1.22 bits per heavy atom. The fourth-order valence-electron chi connectivity index (χ4n) is 5.77. The van der Waals surface area contributed by atoms with Gasteiger partial charge in [-0.05, 0) is 74.3 Å². The SMILES string of the molecule is CCc1ccc2c(c1)[C@@H](NC[C@@H](O)[C@H](Cc1cccc(C#N)c1)NC(=O)C1CCCO1)CC1(CCC1)O2. The topological polar surface area (TPSA) is 104 Å². The summed E-state index contributed by atoms with van der Waals surface area (Å²) in [5.74, 6) is 0.752. The van der Waals surface area contributed by atoms with Crippen LogP contribution in [0, 0.1) is 11.3 Å². The zero-order chi connectivity index (χ0) is 25.8. The van der Waals surface area contributed by atoms with Crippen molar-refractivity contribution in [1.29, 1.82) is 5.26 Å². The maximum Gasteiger partial charge on any atom is 0.249 e. The molecule has 2 fully saturated rings. The predicted octanol–water partition coefficient (Wildman–Crippen LogP) is 3.72. The highest BCUT2D eigenvalue weighted by molar-refractivity contribution is 5.81. The number of hydrogen-bond acceptors (Lipinski definition) is 6. The second-order valence-corrected chi connectivity index (χ2v) is 10.7. The Labute approximate surface area is 219 Å². The van der Waals surface area contributed by atoms with Crippen LogP contribution in [0.2, 0.25) is 0 Å². The number of nitrogens with zero attached hydrogens (tertiary/aromatic N) is 1. The van der Waals surface area contributed by atoms with Crippen LogP contribution in [-0.2, 0) is 22.4 Å². The number of carbonyl (C=O) groups is 1. The van der Waals surface area contributed by atoms with Crippen molar-refractivity contribution in [2.24, 2.45) is 0 Å². The molecule has 3 N–H and O–H groups in total. The molecule has 37 heavy (non-hydrogen) atoms. The van der Waals surface area contributed by atoms with Gasteiger partial charge in [0.25, 0.3) is 0 Å². The van der Waals surface area contributed by atoms with Gasteiger partial charge < -0.3 is 25.2 Å². The first-order chi connectivity index (χ1) is 18.0. The molecule has 1 aliphatic carbocycles. The Morgan fingerprint density at radius 2 is 2.08 bits per heavy atom. The van der Waals surface area contributed by atoms with Gasteiger partial charge >= 0.3 is 0 Å². The minimum atomic E-state index is -0.825. The minimum Gasteiger partial charge on any atom is -0.487 e. The van der Waals surface area contributed by atoms with Gasteiger partial charge in [0.2, 0.25) is 5.91 Å². The number of aliphatic hydroxyl groups is 1. The van der Waals surface area contributed by atoms with Crippen LogP contribution in [0.5, 0.6) is 5.75 Å². The number of nitrogens with one attached hydrogen (secondary N) is 2. The molecule has 1 spiro atoms. The van der Waals surface area contributed by atoms with Crippen LogP contribution in [0.1, 0.15) is 73.7 Å². The summed E-state index contributed by atoms with van der Waals surface area (Å²) < 4.78 is 12.0. The van der Waals surface area contributed by atoms with Gasteiger partial charge in [-0.1, -0.05) is 31.2 Å². The molecule has 0 radical (unpaired) electrons. The van der Waals surface area contributed by atoms with Crippen LogP contribution in [0.15, 0.2) is 42.5 Å². The lowest BCUT2D eigenvalue weighted by atomic mass is 9.72. The third-order valence-electron chi connectivity index (χ3n) is 8.12. The number of rotatable bonds is 9. The lowest BCUT2D eigenvalue weighted by Crippen LogP contribution is -2.53. The smallest absolute Gasteiger partial charge is 0.249 e. The van der Waals surface area contributed by atoms with Gasteiger partial charge in [-0.25, -0.2) is 0 Å². The number of amides is 1. The summed E-state index contributed by atoms with van der Waals surface area (Å²) in [5, 5.41) is 27.3. The number of benzene rings is 2. The van der Waals surface area contributed by atoms with E-state index < -0.39 is 18.2 Å². The summed E-state index contributed by atoms with van der Waals surface area (Å²) >= 11 is 0. The summed E-state index contributed by atoms with van der Waals surface area (Å²) in [4.78, 5) is 12.9. The van der Waals surface area contributed by atoms with Gasteiger partial charge in [-0.3, -0.25) is 4.79 Å². The molecule has 3 aliphatic rings. The first-order valence-electron chi connectivity index (χ1n) is 13.6. The molecule has 5 rings (SSSR count). The van der Waals surface area contributed by atoms with Gasteiger partial charge in [0.05, 0.1) is 23.8 Å². The summed E-state index contributed by atoms with van der Waals surface area (Å²) in [6, 6.07) is 15.5. The van der Waals surface area contributed by atoms with Crippen molar-refractivity contribution >= 4 is 5.91 Å². The molecule has 7 nitrogen and oxygen atoms in total. The van der Waals surface area contributed by atoms with Crippen LogP contribution in [0.25, 0.3) is 0 Å². The standard InChI is InChI=1S/C30H37N3O4/c1-2-20-9-10-27-23(15-20)25(17-30(37-27)11-5-12-30)32-19-26(34)24(33-29(35)28-8-4-13-36-28)16-21-6-3-7-22(14-21)18-31/h3,6-7,9-10,14-15,24-26,28,32,34H,2,4-5,8,11-13,16-17,19H2,1H3,(H,33,35)/t24-,25-,26+,28?/m0/s1. The molecule has 2 aliphatic heterocycles. The third kappa shape index (κ3) is 5.82. The lowest BCUT2D eigenvalue weighted by molar-refractivity contribution is -0.131. The monoisotopic (exact) mass is 503 g/mol. The lowest BCUT2D eigenvalue weighted by Gasteiger charge is -2.48. The van der Waals surface area contributed by atoms with Gasteiger partial charge in [-0.15, -0.1) is 0 Å². The number of carbonyl (C=O) groups excluding carboxylic acids is 1. The maximum absolute atomic E-state index is 12.9. The first-order valence-corrected chi connectivity index (χ1v) is 13.6. The largest absolute Gasteiger partial charge is 0.487 e. The molecule has 0 aromatic heterocycles. The average Bonchev–Trinajstić information content (AvgIpc) is 3.45. The highest BCUT2D eigenvalue weighted by Gasteiger charge is 2.45. The van der Waals surface area contributed by atoms with Crippen LogP contribution in [-0.4, -0.2) is 48.0 Å². The van der Waals surface area contributed by atoms with Gasteiger partial charge in [0.1, 0.15) is 17.5 Å². The van der Waals surface area contributed by atoms with Gasteiger partial charge in [0, 0.05) is 31.2 Å². The quantitative estimate of drug-likeness (QED) is 0.482. The van der Waals surface area contributed by atoms with E-state index in [2.05, 4.69) is 41.8 Å². The molecule has 2 aromatic carbocycles. The van der Waals surface area contributed by atoms with Crippen molar-refractivity contribution in [3.05, 3.63) is 64.7 Å². The molecule has 7 heteroatoms. The zero-order valence-corrected chi connectivity index (χ0v) is 21.5. The minimum absolute atomic E-state index is 0.0710. The number of ether oxygens (including phenoxy) is 2. The second kappa shape index (κ2) is 11.2. The molecule has 196 valence electrons. The van der Waals surface area contributed by atoms with E-state index in [-0.39, 0.29) is 17.6 Å². The van der Waals surface area contributed by atoms with E-state index in [9.17, 15) is 15.2 Å². The van der Waals surface area contributed by atoms with Crippen molar-refractivity contribution < 1.29 is 19.4 Å². The molecule has 1 unspecified atom stereocenters. The van der Waals surface area contributed by atoms with Crippen LogP contribution >= 0.6 is 0 Å². The predicted molar refractivity (Wildman–Crippen MR) is 140 cm³/mol. The van der Waals surface area contributed by atoms with Gasteiger partial charge in [-0.2, -0.15) is 5.26 Å². The van der Waals surface area contributed by atoms with E-state index in [0.717, 1.165) is 49.0 Å². The normalized spacial score (nSPS) is 23.3. The fraction of sp³-hybridized carbons (Fsp3) is 0.533. The molecular formula is C30H37N3O4. The molecule has 2 heterocycles. The molecule has 4 atom stereocenters. The average molecular weight is 504 g/mol. The second-order valence-electron chi connectivity index (χ2n) is 10.7. The summed E-state index contributed by atoms with van der Waals surface area (Å²) in [6.45, 7) is 3.06. The molecule has 1 saturated carbocycles. The van der Waals surface area contributed by atoms with Crippen molar-refractivity contribution in [3.8, 4) is 11.8 Å². The van der Waals surface area contributed by atoms with E-state index in [1.54, 1.807) is 6.07 Å². The highest BCUT2D eigenvalue weighted by atomic mass is 16.5. The Bertz CT molecular complexity index is 1150. The van der Waals surface area contributed by atoms with Gasteiger partial charge in [0.15, 0.2) is 0 Å². The number of aryl methyl sites for hydroxylation is 1. The summed E-state index contributed by atoms with van der Waals surface area (Å²) in [6.07, 6.45) is 5.79. The van der Waals surface area contributed by atoms with E-state index in [1.807, 2.05) is 18.2 Å². The zero-order valence-electron chi connectivity index (χ0n) is 21.5. The number of aliphatic hydroxyl groups excluding tert-OH is 1. The number of hydrogen-bond donors (Lipinski definition) is 3. The first kappa shape index (κ1) is 25.7. The molecule has 2 aromatic rings. The Kier molecular flexibility index (Phi) is 7.80. The van der Waals surface area contributed by atoms with Crippen LogP contribution in [0.4, 0.5) is 0 Å².